The number of quaternary nitrogens is 1. The summed E-state index contributed by atoms with van der Waals surface area (Å²) in [5.41, 5.74) is 0. The Bertz CT molecular complexity index is 1400. The van der Waals surface area contributed by atoms with Crippen LogP contribution in [0.5, 0.6) is 0 Å². The molecule has 0 heterocycles. The number of carbonyl (C=O) groups is 1. The number of nitrogens with zero attached hydrogens (tertiary/aromatic N) is 1. The van der Waals surface area contributed by atoms with Gasteiger partial charge in [0.05, 0.1) is 39.9 Å². The predicted molar refractivity (Wildman–Crippen MR) is 311 cm³/mol. The standard InChI is InChI=1S/C63H117N2O6P/c1-6-8-10-12-14-16-18-20-22-24-25-26-27-28-29-30-31-32-33-34-35-36-37-38-39-41-43-45-47-49-51-53-55-57-63(67)64-61(60-71-72(68,69)70-59-58-65(3,4)5)62(66)56-54-52-50-48-46-44-42-40-23-21-19-17-15-13-11-9-7-2/h8,10,14,16,20,22,25-26,28-29,31-32,61-62,66H,6-7,9,11-13,15,17-19,21,23-24,27,30,33-60H2,1-5H3,(H-,64,67,68,69)/b10-8-,16-14-,22-20-,26-25-,29-28-,32-31-. The fraction of sp³-hybridized carbons (Fsp3) is 0.794. The zero-order chi connectivity index (χ0) is 52.7. The molecule has 0 aromatic rings. The topological polar surface area (TPSA) is 108 Å². The summed E-state index contributed by atoms with van der Waals surface area (Å²) in [5, 5.41) is 14.0. The van der Waals surface area contributed by atoms with Gasteiger partial charge >= 0.3 is 0 Å². The van der Waals surface area contributed by atoms with Gasteiger partial charge in [-0.05, 0) is 64.2 Å². The number of carbonyl (C=O) groups excluding carboxylic acids is 1. The summed E-state index contributed by atoms with van der Waals surface area (Å²) in [6.07, 6.45) is 73.7. The van der Waals surface area contributed by atoms with Crippen molar-refractivity contribution >= 4 is 13.7 Å². The Labute approximate surface area is 446 Å². The summed E-state index contributed by atoms with van der Waals surface area (Å²) in [4.78, 5) is 25.6. The van der Waals surface area contributed by atoms with E-state index in [1.165, 1.54) is 167 Å². The van der Waals surface area contributed by atoms with Crippen LogP contribution in [-0.4, -0.2) is 68.5 Å². The van der Waals surface area contributed by atoms with Crippen molar-refractivity contribution in [3.8, 4) is 0 Å². The number of phosphoric acid groups is 1. The molecule has 0 saturated heterocycles. The molecule has 3 unspecified atom stereocenters. The molecule has 0 aliphatic heterocycles. The first kappa shape index (κ1) is 69.9. The number of aliphatic hydroxyl groups is 1. The lowest BCUT2D eigenvalue weighted by Crippen LogP contribution is -2.46. The lowest BCUT2D eigenvalue weighted by molar-refractivity contribution is -0.870. The van der Waals surface area contributed by atoms with Crippen molar-refractivity contribution in [3.05, 3.63) is 72.9 Å². The highest BCUT2D eigenvalue weighted by Gasteiger charge is 2.24. The molecule has 420 valence electrons. The summed E-state index contributed by atoms with van der Waals surface area (Å²) in [7, 11) is 1.31. The molecule has 0 aliphatic rings. The van der Waals surface area contributed by atoms with Crippen LogP contribution in [0.3, 0.4) is 0 Å². The molecular weight excluding hydrogens is 912 g/mol. The number of hydrogen-bond acceptors (Lipinski definition) is 6. The minimum absolute atomic E-state index is 0.0108. The fourth-order valence-corrected chi connectivity index (χ4v) is 9.47. The molecule has 0 rings (SSSR count). The van der Waals surface area contributed by atoms with Crippen molar-refractivity contribution in [3.63, 3.8) is 0 Å². The van der Waals surface area contributed by atoms with E-state index in [-0.39, 0.29) is 19.1 Å². The zero-order valence-corrected chi connectivity index (χ0v) is 48.8. The molecule has 0 aromatic carbocycles. The van der Waals surface area contributed by atoms with Crippen LogP contribution in [0.2, 0.25) is 0 Å². The van der Waals surface area contributed by atoms with Gasteiger partial charge in [0.15, 0.2) is 0 Å². The monoisotopic (exact) mass is 1030 g/mol. The van der Waals surface area contributed by atoms with Gasteiger partial charge in [-0.1, -0.05) is 273 Å². The van der Waals surface area contributed by atoms with Gasteiger partial charge in [-0.3, -0.25) is 9.36 Å². The van der Waals surface area contributed by atoms with E-state index in [0.29, 0.717) is 23.9 Å². The molecule has 0 saturated carbocycles. The van der Waals surface area contributed by atoms with Crippen molar-refractivity contribution < 1.29 is 32.9 Å². The van der Waals surface area contributed by atoms with Gasteiger partial charge in [-0.25, -0.2) is 0 Å². The molecule has 0 aromatic heterocycles. The van der Waals surface area contributed by atoms with Crippen LogP contribution < -0.4 is 10.2 Å². The smallest absolute Gasteiger partial charge is 0.268 e. The minimum atomic E-state index is -4.58. The fourth-order valence-electron chi connectivity index (χ4n) is 8.75. The molecule has 9 heteroatoms. The van der Waals surface area contributed by atoms with E-state index in [4.69, 9.17) is 9.05 Å². The number of aliphatic hydroxyl groups excluding tert-OH is 1. The van der Waals surface area contributed by atoms with Gasteiger partial charge in [-0.15, -0.1) is 0 Å². The average Bonchev–Trinajstić information content (AvgIpc) is 3.34. The van der Waals surface area contributed by atoms with Gasteiger partial charge in [-0.2, -0.15) is 0 Å². The summed E-state index contributed by atoms with van der Waals surface area (Å²) in [6, 6.07) is -0.804. The SMILES string of the molecule is CC/C=C\C/C=C\C/C=C\C/C=C\C/C=C\C/C=C\CCCCCCCCCCCCCCCCC(=O)NC(COP(=O)([O-])OCC[N+](C)(C)C)C(O)CCCCCCCCCCCCCCCCCCC. The lowest BCUT2D eigenvalue weighted by Gasteiger charge is -2.30. The first-order valence-corrected chi connectivity index (χ1v) is 31.7. The number of rotatable bonds is 55. The van der Waals surface area contributed by atoms with Gasteiger partial charge in [0.25, 0.3) is 7.82 Å². The normalized spacial score (nSPS) is 14.4. The molecule has 1 amide bonds. The Morgan fingerprint density at radius 2 is 0.847 bits per heavy atom. The van der Waals surface area contributed by atoms with E-state index < -0.39 is 20.0 Å². The molecule has 72 heavy (non-hydrogen) atoms. The van der Waals surface area contributed by atoms with Gasteiger partial charge in [0.1, 0.15) is 13.2 Å². The second-order valence-electron chi connectivity index (χ2n) is 21.7. The number of unbranched alkanes of at least 4 members (excludes halogenated alkanes) is 30. The van der Waals surface area contributed by atoms with Gasteiger partial charge < -0.3 is 28.8 Å². The number of phosphoric ester groups is 1. The number of nitrogens with one attached hydrogen (secondary N) is 1. The van der Waals surface area contributed by atoms with Gasteiger partial charge in [0, 0.05) is 6.42 Å². The Morgan fingerprint density at radius 1 is 0.500 bits per heavy atom. The van der Waals surface area contributed by atoms with Crippen LogP contribution >= 0.6 is 7.82 Å². The van der Waals surface area contributed by atoms with E-state index in [1.807, 2.05) is 21.1 Å². The molecule has 0 fully saturated rings. The van der Waals surface area contributed by atoms with Crippen LogP contribution in [0.25, 0.3) is 0 Å². The molecule has 0 radical (unpaired) electrons. The third-order valence-electron chi connectivity index (χ3n) is 13.5. The van der Waals surface area contributed by atoms with Crippen molar-refractivity contribution in [1.29, 1.82) is 0 Å². The molecule has 0 spiro atoms. The summed E-state index contributed by atoms with van der Waals surface area (Å²) in [5.74, 6) is -0.165. The Kier molecular flexibility index (Phi) is 52.2. The molecule has 3 atom stereocenters. The Balaban J connectivity index is 4.08. The molecule has 8 nitrogen and oxygen atoms in total. The highest BCUT2D eigenvalue weighted by molar-refractivity contribution is 7.45. The van der Waals surface area contributed by atoms with E-state index in [0.717, 1.165) is 77.0 Å². The van der Waals surface area contributed by atoms with Crippen LogP contribution in [0.15, 0.2) is 72.9 Å². The highest BCUT2D eigenvalue weighted by Crippen LogP contribution is 2.38. The number of likely N-dealkylation sites (N-methyl/N-ethyl adjacent to an activating group) is 1. The largest absolute Gasteiger partial charge is 0.756 e. The zero-order valence-electron chi connectivity index (χ0n) is 47.9. The highest BCUT2D eigenvalue weighted by atomic mass is 31.2. The summed E-state index contributed by atoms with van der Waals surface area (Å²) >= 11 is 0. The first-order valence-electron chi connectivity index (χ1n) is 30.3. The molecule has 0 aliphatic carbocycles. The number of amides is 1. The molecular formula is C63H117N2O6P. The summed E-state index contributed by atoms with van der Waals surface area (Å²) < 4.78 is 23.4. The third kappa shape index (κ3) is 55.7. The van der Waals surface area contributed by atoms with Crippen molar-refractivity contribution in [2.24, 2.45) is 0 Å². The average molecular weight is 1030 g/mol. The Hall–Kier alpha value is -2.06. The summed E-state index contributed by atoms with van der Waals surface area (Å²) in [6.45, 7) is 4.63. The molecule has 0 bridgehead atoms. The number of hydrogen-bond donors (Lipinski definition) is 2. The van der Waals surface area contributed by atoms with Crippen LogP contribution in [0, 0.1) is 0 Å². The molecule has 2 N–H and O–H groups in total. The first-order chi connectivity index (χ1) is 35.0. The third-order valence-corrected chi connectivity index (χ3v) is 14.4. The second kappa shape index (κ2) is 53.8. The van der Waals surface area contributed by atoms with E-state index in [9.17, 15) is 19.4 Å². The van der Waals surface area contributed by atoms with Crippen LogP contribution in [0.4, 0.5) is 0 Å². The van der Waals surface area contributed by atoms with Gasteiger partial charge in [0.2, 0.25) is 5.91 Å². The van der Waals surface area contributed by atoms with Crippen LogP contribution in [0.1, 0.15) is 271 Å². The quantitative estimate of drug-likeness (QED) is 0.0272. The van der Waals surface area contributed by atoms with Crippen LogP contribution in [-0.2, 0) is 18.4 Å². The minimum Gasteiger partial charge on any atom is -0.756 e. The van der Waals surface area contributed by atoms with E-state index >= 15 is 0 Å². The lowest BCUT2D eigenvalue weighted by atomic mass is 10.0. The predicted octanol–water partition coefficient (Wildman–Crippen LogP) is 18.0. The maximum Gasteiger partial charge on any atom is 0.268 e. The Morgan fingerprint density at radius 3 is 1.24 bits per heavy atom. The second-order valence-corrected chi connectivity index (χ2v) is 23.1. The van der Waals surface area contributed by atoms with E-state index in [1.54, 1.807) is 0 Å². The number of allylic oxidation sites excluding steroid dienone is 12. The van der Waals surface area contributed by atoms with E-state index in [2.05, 4.69) is 92.1 Å². The van der Waals surface area contributed by atoms with Crippen molar-refractivity contribution in [2.75, 3.05) is 40.9 Å². The maximum atomic E-state index is 13.0. The van der Waals surface area contributed by atoms with Crippen molar-refractivity contribution in [1.82, 2.24) is 5.32 Å². The van der Waals surface area contributed by atoms with Crippen molar-refractivity contribution in [2.45, 2.75) is 283 Å². The maximum absolute atomic E-state index is 13.0.